The van der Waals surface area contributed by atoms with Crippen LogP contribution in [-0.4, -0.2) is 37.1 Å². The molecule has 0 unspecified atom stereocenters. The van der Waals surface area contributed by atoms with E-state index in [0.29, 0.717) is 5.56 Å². The van der Waals surface area contributed by atoms with Gasteiger partial charge in [-0.05, 0) is 43.5 Å². The zero-order valence-corrected chi connectivity index (χ0v) is 14.2. The third kappa shape index (κ3) is 3.67. The minimum atomic E-state index is -0.0209. The molecule has 1 saturated heterocycles. The van der Waals surface area contributed by atoms with Crippen molar-refractivity contribution >= 4 is 11.6 Å². The molecule has 1 aromatic carbocycles. The van der Waals surface area contributed by atoms with Gasteiger partial charge in [-0.25, -0.2) is 0 Å². The second kappa shape index (κ2) is 7.34. The third-order valence-corrected chi connectivity index (χ3v) is 4.44. The van der Waals surface area contributed by atoms with Gasteiger partial charge in [-0.3, -0.25) is 9.78 Å². The summed E-state index contributed by atoms with van der Waals surface area (Å²) in [5.41, 5.74) is 2.73. The second-order valence-corrected chi connectivity index (χ2v) is 6.15. The van der Waals surface area contributed by atoms with Gasteiger partial charge in [0.15, 0.2) is 0 Å². The van der Waals surface area contributed by atoms with Crippen LogP contribution in [0.1, 0.15) is 28.8 Å². The van der Waals surface area contributed by atoms with E-state index in [1.165, 1.54) is 0 Å². The first-order valence-corrected chi connectivity index (χ1v) is 8.28. The van der Waals surface area contributed by atoms with E-state index in [1.54, 1.807) is 25.6 Å². The Labute approximate surface area is 142 Å². The van der Waals surface area contributed by atoms with Gasteiger partial charge >= 0.3 is 0 Å². The number of aromatic nitrogens is 1. The van der Waals surface area contributed by atoms with E-state index in [2.05, 4.69) is 21.3 Å². The lowest BCUT2D eigenvalue weighted by atomic mass is 10.0. The normalized spacial score (nSPS) is 17.4. The molecule has 126 valence electrons. The molecule has 5 heteroatoms. The third-order valence-electron chi connectivity index (χ3n) is 4.44. The van der Waals surface area contributed by atoms with Crippen molar-refractivity contribution in [1.82, 2.24) is 10.3 Å². The first-order chi connectivity index (χ1) is 11.7. The fraction of sp³-hybridized carbons (Fsp3) is 0.368. The molecule has 0 saturated carbocycles. The monoisotopic (exact) mass is 325 g/mol. The first kappa shape index (κ1) is 16.3. The van der Waals surface area contributed by atoms with Crippen molar-refractivity contribution in [3.05, 3.63) is 53.9 Å². The maximum Gasteiger partial charge on any atom is 0.251 e. The molecule has 5 nitrogen and oxygen atoms in total. The van der Waals surface area contributed by atoms with Gasteiger partial charge in [0.25, 0.3) is 5.91 Å². The Morgan fingerprint density at radius 2 is 2.25 bits per heavy atom. The number of hydrogen-bond acceptors (Lipinski definition) is 4. The molecule has 1 aliphatic rings. The lowest BCUT2D eigenvalue weighted by Gasteiger charge is -2.35. The molecular formula is C19H23N3O2. The largest absolute Gasteiger partial charge is 0.497 e. The molecule has 1 amide bonds. The Bertz CT molecular complexity index is 717. The average Bonchev–Trinajstić information content (AvgIpc) is 2.62. The summed E-state index contributed by atoms with van der Waals surface area (Å²) >= 11 is 0. The van der Waals surface area contributed by atoms with E-state index in [9.17, 15) is 4.79 Å². The zero-order valence-electron chi connectivity index (χ0n) is 14.2. The fourth-order valence-corrected chi connectivity index (χ4v) is 3.13. The van der Waals surface area contributed by atoms with Crippen LogP contribution in [0.3, 0.4) is 0 Å². The number of nitrogens with zero attached hydrogens (tertiary/aromatic N) is 2. The number of amides is 1. The van der Waals surface area contributed by atoms with Gasteiger partial charge < -0.3 is 15.0 Å². The van der Waals surface area contributed by atoms with Crippen LogP contribution in [0, 0.1) is 6.92 Å². The fourth-order valence-electron chi connectivity index (χ4n) is 3.13. The van der Waals surface area contributed by atoms with Crippen LogP contribution in [0.5, 0.6) is 5.75 Å². The predicted octanol–water partition coefficient (Wildman–Crippen LogP) is 2.80. The highest BCUT2D eigenvalue weighted by Crippen LogP contribution is 2.24. The summed E-state index contributed by atoms with van der Waals surface area (Å²) in [6.45, 7) is 3.71. The van der Waals surface area contributed by atoms with Gasteiger partial charge in [0.2, 0.25) is 0 Å². The van der Waals surface area contributed by atoms with E-state index >= 15 is 0 Å². The van der Waals surface area contributed by atoms with E-state index < -0.39 is 0 Å². The van der Waals surface area contributed by atoms with E-state index in [0.717, 1.165) is 42.9 Å². The van der Waals surface area contributed by atoms with Crippen LogP contribution < -0.4 is 15.0 Å². The van der Waals surface area contributed by atoms with Crippen LogP contribution >= 0.6 is 0 Å². The number of rotatable bonds is 4. The van der Waals surface area contributed by atoms with Crippen molar-refractivity contribution < 1.29 is 9.53 Å². The molecule has 2 aromatic rings. The second-order valence-electron chi connectivity index (χ2n) is 6.15. The number of ether oxygens (including phenoxy) is 1. The molecule has 1 N–H and O–H groups in total. The highest BCUT2D eigenvalue weighted by atomic mass is 16.5. The average molecular weight is 325 g/mol. The van der Waals surface area contributed by atoms with E-state index in [4.69, 9.17) is 4.74 Å². The Kier molecular flexibility index (Phi) is 4.99. The maximum atomic E-state index is 12.5. The van der Waals surface area contributed by atoms with Crippen molar-refractivity contribution in [1.29, 1.82) is 0 Å². The van der Waals surface area contributed by atoms with Gasteiger partial charge in [-0.2, -0.15) is 0 Å². The first-order valence-electron chi connectivity index (χ1n) is 8.28. The summed E-state index contributed by atoms with van der Waals surface area (Å²) < 4.78 is 5.31. The van der Waals surface area contributed by atoms with Crippen LogP contribution in [0.4, 0.5) is 5.69 Å². The predicted molar refractivity (Wildman–Crippen MR) is 94.7 cm³/mol. The highest BCUT2D eigenvalue weighted by Gasteiger charge is 2.22. The number of benzene rings is 1. The molecule has 1 atom stereocenters. The topological polar surface area (TPSA) is 54.5 Å². The number of piperidine rings is 1. The molecule has 3 rings (SSSR count). The number of methoxy groups -OCH3 is 1. The summed E-state index contributed by atoms with van der Waals surface area (Å²) in [4.78, 5) is 18.8. The van der Waals surface area contributed by atoms with E-state index in [-0.39, 0.29) is 11.9 Å². The van der Waals surface area contributed by atoms with E-state index in [1.807, 2.05) is 25.1 Å². The summed E-state index contributed by atoms with van der Waals surface area (Å²) in [5, 5.41) is 3.16. The smallest absolute Gasteiger partial charge is 0.251 e. The summed E-state index contributed by atoms with van der Waals surface area (Å²) in [6.07, 6.45) is 5.43. The van der Waals surface area contributed by atoms with Gasteiger partial charge in [0, 0.05) is 48.8 Å². The lowest BCUT2D eigenvalue weighted by Crippen LogP contribution is -2.48. The van der Waals surface area contributed by atoms with Crippen LogP contribution in [0.25, 0.3) is 0 Å². The molecule has 0 spiro atoms. The summed E-state index contributed by atoms with van der Waals surface area (Å²) in [7, 11) is 1.68. The summed E-state index contributed by atoms with van der Waals surface area (Å²) in [6, 6.07) is 9.98. The van der Waals surface area contributed by atoms with Gasteiger partial charge in [0.05, 0.1) is 7.11 Å². The Morgan fingerprint density at radius 3 is 3.04 bits per heavy atom. The molecule has 0 aliphatic carbocycles. The Balaban J connectivity index is 1.67. The molecule has 1 aliphatic heterocycles. The number of anilines is 1. The van der Waals surface area contributed by atoms with Gasteiger partial charge in [0.1, 0.15) is 5.75 Å². The molecule has 1 fully saturated rings. The van der Waals surface area contributed by atoms with Crippen molar-refractivity contribution in [3.63, 3.8) is 0 Å². The molecule has 0 bridgehead atoms. The number of carbonyl (C=O) groups is 1. The number of carbonyl (C=O) groups excluding carboxylic acids is 1. The van der Waals surface area contributed by atoms with Crippen molar-refractivity contribution in [2.75, 3.05) is 25.1 Å². The molecule has 0 radical (unpaired) electrons. The number of nitrogens with one attached hydrogen (secondary N) is 1. The van der Waals surface area contributed by atoms with Crippen LogP contribution in [0.15, 0.2) is 42.7 Å². The minimum Gasteiger partial charge on any atom is -0.497 e. The Morgan fingerprint density at radius 1 is 1.38 bits per heavy atom. The molecule has 1 aromatic heterocycles. The Hall–Kier alpha value is -2.56. The van der Waals surface area contributed by atoms with Crippen molar-refractivity contribution in [2.45, 2.75) is 25.8 Å². The molecular weight excluding hydrogens is 302 g/mol. The highest BCUT2D eigenvalue weighted by molar-refractivity contribution is 5.95. The SMILES string of the molecule is COc1cccc(N2CCC[C@@H](NC(=O)c3ccncc3C)C2)c1. The van der Waals surface area contributed by atoms with Gasteiger partial charge in [-0.15, -0.1) is 0 Å². The van der Waals surface area contributed by atoms with Crippen LogP contribution in [-0.2, 0) is 0 Å². The van der Waals surface area contributed by atoms with Gasteiger partial charge in [-0.1, -0.05) is 6.07 Å². The quantitative estimate of drug-likeness (QED) is 0.939. The van der Waals surface area contributed by atoms with Crippen LogP contribution in [0.2, 0.25) is 0 Å². The molecule has 2 heterocycles. The number of pyridine rings is 1. The van der Waals surface area contributed by atoms with Crippen molar-refractivity contribution in [2.24, 2.45) is 0 Å². The number of aryl methyl sites for hydroxylation is 1. The molecule has 24 heavy (non-hydrogen) atoms. The standard InChI is InChI=1S/C19H23N3O2/c1-14-12-20-9-8-18(14)19(23)21-15-5-4-10-22(13-15)16-6-3-7-17(11-16)24-2/h3,6-9,11-12,15H,4-5,10,13H2,1-2H3,(H,21,23)/t15-/m1/s1. The number of hydrogen-bond donors (Lipinski definition) is 1. The lowest BCUT2D eigenvalue weighted by molar-refractivity contribution is 0.0932. The van der Waals surface area contributed by atoms with Crippen molar-refractivity contribution in [3.8, 4) is 5.75 Å². The minimum absolute atomic E-state index is 0.0209. The summed E-state index contributed by atoms with van der Waals surface area (Å²) in [5.74, 6) is 0.832. The zero-order chi connectivity index (χ0) is 16.9. The maximum absolute atomic E-state index is 12.5.